The van der Waals surface area contributed by atoms with Gasteiger partial charge in [-0.15, -0.1) is 0 Å². The second-order valence-corrected chi connectivity index (χ2v) is 8.97. The van der Waals surface area contributed by atoms with E-state index in [4.69, 9.17) is 23.1 Å². The highest BCUT2D eigenvalue weighted by molar-refractivity contribution is 7.85. The van der Waals surface area contributed by atoms with Gasteiger partial charge in [-0.2, -0.15) is 8.42 Å². The third kappa shape index (κ3) is 6.06. The summed E-state index contributed by atoms with van der Waals surface area (Å²) in [6, 6.07) is -0.730. The Bertz CT molecular complexity index is 1050. The zero-order valence-electron chi connectivity index (χ0n) is 18.3. The summed E-state index contributed by atoms with van der Waals surface area (Å²) in [5.41, 5.74) is 0.360. The van der Waals surface area contributed by atoms with Crippen LogP contribution in [0.2, 0.25) is 0 Å². The summed E-state index contributed by atoms with van der Waals surface area (Å²) in [5.74, 6) is -1.49. The molecule has 15 heteroatoms. The van der Waals surface area contributed by atoms with Crippen LogP contribution in [0.3, 0.4) is 0 Å². The molecule has 33 heavy (non-hydrogen) atoms. The van der Waals surface area contributed by atoms with Crippen molar-refractivity contribution in [1.82, 2.24) is 9.55 Å². The van der Waals surface area contributed by atoms with E-state index in [2.05, 4.69) is 15.3 Å². The van der Waals surface area contributed by atoms with Gasteiger partial charge in [-0.1, -0.05) is 0 Å². The lowest BCUT2D eigenvalue weighted by molar-refractivity contribution is -0.166. The lowest BCUT2D eigenvalue weighted by atomic mass is 10.1. The monoisotopic (exact) mass is 488 g/mol. The summed E-state index contributed by atoms with van der Waals surface area (Å²) in [4.78, 5) is 43.2. The summed E-state index contributed by atoms with van der Waals surface area (Å²) in [6.07, 6.45) is -0.498. The minimum absolute atomic E-state index is 0.252. The van der Waals surface area contributed by atoms with E-state index in [-0.39, 0.29) is 13.2 Å². The number of aromatic nitrogens is 2. The van der Waals surface area contributed by atoms with Crippen molar-refractivity contribution in [2.24, 2.45) is 4.99 Å². The Hall–Kier alpha value is -3.04. The van der Waals surface area contributed by atoms with Crippen molar-refractivity contribution < 1.29 is 45.9 Å². The maximum Gasteiger partial charge on any atom is 0.303 e. The summed E-state index contributed by atoms with van der Waals surface area (Å²) in [7, 11) is -3.70. The van der Waals surface area contributed by atoms with Gasteiger partial charge in [0.25, 0.3) is 10.1 Å². The standard InChI is InChI=1S/C18H24N4O10S/c1-9(23)28-6-13-15(30-10(2)24)16(31-11(3)25)18(32-13)22-8-21-14-12(5-29-33(4,26)27)19-7-20-17(14)22/h7-8,12-13,15-16,18H,5-6H2,1-4H3,(H,19,20)/t12?,13-,15-,16-,18-/m1/s1. The van der Waals surface area contributed by atoms with Gasteiger partial charge in [0, 0.05) is 20.8 Å². The van der Waals surface area contributed by atoms with Crippen LogP contribution in [0.5, 0.6) is 0 Å². The Labute approximate surface area is 189 Å². The molecule has 1 N–H and O–H groups in total. The molecule has 2 aliphatic heterocycles. The molecule has 2 aliphatic rings. The van der Waals surface area contributed by atoms with Crippen LogP contribution in [0.25, 0.3) is 0 Å². The molecule has 182 valence electrons. The first-order valence-corrected chi connectivity index (χ1v) is 11.6. The SMILES string of the molecule is CC(=O)OC[C@H]1O[C@@H](n2cnc3c2NC=NC3COS(C)(=O)=O)[C@H](OC(C)=O)[C@@H]1OC(C)=O. The maximum atomic E-state index is 11.8. The molecule has 14 nitrogen and oxygen atoms in total. The Kier molecular flexibility index (Phi) is 7.34. The van der Waals surface area contributed by atoms with Crippen LogP contribution < -0.4 is 5.32 Å². The number of ether oxygens (including phenoxy) is 4. The van der Waals surface area contributed by atoms with Gasteiger partial charge in [0.2, 0.25) is 0 Å². The van der Waals surface area contributed by atoms with Gasteiger partial charge in [-0.25, -0.2) is 4.98 Å². The summed E-state index contributed by atoms with van der Waals surface area (Å²) >= 11 is 0. The van der Waals surface area contributed by atoms with Gasteiger partial charge in [0.05, 0.1) is 25.5 Å². The number of carbonyl (C=O) groups excluding carboxylic acids is 3. The molecule has 0 saturated carbocycles. The number of hydrogen-bond donors (Lipinski definition) is 1. The van der Waals surface area contributed by atoms with Gasteiger partial charge in [-0.3, -0.25) is 28.1 Å². The average molecular weight is 488 g/mol. The number of aliphatic imine (C=N–C) groups is 1. The number of imidazole rings is 1. The molecule has 0 amide bonds. The highest BCUT2D eigenvalue weighted by Gasteiger charge is 2.51. The fourth-order valence-electron chi connectivity index (χ4n) is 3.45. The normalized spacial score (nSPS) is 26.2. The lowest BCUT2D eigenvalue weighted by Gasteiger charge is -2.25. The molecule has 0 bridgehead atoms. The van der Waals surface area contributed by atoms with E-state index in [1.54, 1.807) is 0 Å². The van der Waals surface area contributed by atoms with Crippen molar-refractivity contribution in [3.8, 4) is 0 Å². The fraction of sp³-hybridized carbons (Fsp3) is 0.611. The van der Waals surface area contributed by atoms with E-state index in [1.165, 1.54) is 38.0 Å². The number of fused-ring (bicyclic) bond motifs is 1. The average Bonchev–Trinajstić information content (AvgIpc) is 3.26. The molecule has 3 rings (SSSR count). The predicted molar refractivity (Wildman–Crippen MR) is 110 cm³/mol. The number of rotatable bonds is 8. The summed E-state index contributed by atoms with van der Waals surface area (Å²) < 4.78 is 50.8. The molecule has 1 saturated heterocycles. The van der Waals surface area contributed by atoms with Crippen molar-refractivity contribution in [3.63, 3.8) is 0 Å². The minimum Gasteiger partial charge on any atom is -0.463 e. The lowest BCUT2D eigenvalue weighted by Crippen LogP contribution is -2.40. The molecular formula is C18H24N4O10S. The Balaban J connectivity index is 1.93. The van der Waals surface area contributed by atoms with Crippen LogP contribution in [-0.2, 0) is 47.6 Å². The van der Waals surface area contributed by atoms with E-state index in [0.717, 1.165) is 6.26 Å². The molecule has 3 heterocycles. The molecule has 1 unspecified atom stereocenters. The third-order valence-electron chi connectivity index (χ3n) is 4.65. The van der Waals surface area contributed by atoms with Crippen LogP contribution in [0.4, 0.5) is 5.82 Å². The van der Waals surface area contributed by atoms with E-state index < -0.39 is 58.6 Å². The number of anilines is 1. The number of nitrogens with one attached hydrogen (secondary N) is 1. The first kappa shape index (κ1) is 24.6. The van der Waals surface area contributed by atoms with Crippen molar-refractivity contribution in [2.45, 2.75) is 51.4 Å². The molecule has 1 aromatic rings. The minimum atomic E-state index is -3.70. The quantitative estimate of drug-likeness (QED) is 0.287. The largest absolute Gasteiger partial charge is 0.463 e. The van der Waals surface area contributed by atoms with Crippen molar-refractivity contribution in [1.29, 1.82) is 0 Å². The van der Waals surface area contributed by atoms with E-state index in [1.807, 2.05) is 0 Å². The van der Waals surface area contributed by atoms with Gasteiger partial charge in [-0.05, 0) is 0 Å². The van der Waals surface area contributed by atoms with E-state index in [0.29, 0.717) is 11.5 Å². The maximum absolute atomic E-state index is 11.8. The Morgan fingerprint density at radius 3 is 2.36 bits per heavy atom. The Morgan fingerprint density at radius 1 is 1.09 bits per heavy atom. The number of carbonyl (C=O) groups is 3. The number of hydrogen-bond acceptors (Lipinski definition) is 13. The molecule has 0 spiro atoms. The smallest absolute Gasteiger partial charge is 0.303 e. The highest BCUT2D eigenvalue weighted by Crippen LogP contribution is 2.39. The van der Waals surface area contributed by atoms with Crippen molar-refractivity contribution >= 4 is 40.2 Å². The van der Waals surface area contributed by atoms with Gasteiger partial charge in [0.1, 0.15) is 30.3 Å². The van der Waals surface area contributed by atoms with Gasteiger partial charge >= 0.3 is 17.9 Å². The van der Waals surface area contributed by atoms with E-state index in [9.17, 15) is 22.8 Å². The predicted octanol–water partition coefficient (Wildman–Crippen LogP) is -0.322. The van der Waals surface area contributed by atoms with Crippen LogP contribution >= 0.6 is 0 Å². The zero-order chi connectivity index (χ0) is 24.3. The molecule has 1 fully saturated rings. The molecule has 1 aromatic heterocycles. The second-order valence-electron chi connectivity index (χ2n) is 7.33. The first-order valence-electron chi connectivity index (χ1n) is 9.79. The third-order valence-corrected chi connectivity index (χ3v) is 5.21. The molecule has 0 aliphatic carbocycles. The zero-order valence-corrected chi connectivity index (χ0v) is 19.1. The van der Waals surface area contributed by atoms with Crippen molar-refractivity contribution in [2.75, 3.05) is 24.8 Å². The van der Waals surface area contributed by atoms with Gasteiger partial charge < -0.3 is 24.3 Å². The summed E-state index contributed by atoms with van der Waals surface area (Å²) in [5, 5.41) is 2.90. The molecule has 0 aromatic carbocycles. The first-order chi connectivity index (χ1) is 15.5. The van der Waals surface area contributed by atoms with Crippen LogP contribution in [-0.4, -0.2) is 80.0 Å². The van der Waals surface area contributed by atoms with Crippen LogP contribution in [0, 0.1) is 0 Å². The fourth-order valence-corrected chi connectivity index (χ4v) is 3.82. The second kappa shape index (κ2) is 9.84. The highest BCUT2D eigenvalue weighted by atomic mass is 32.2. The summed E-state index contributed by atoms with van der Waals surface area (Å²) in [6.45, 7) is 3.06. The Morgan fingerprint density at radius 2 is 1.76 bits per heavy atom. The van der Waals surface area contributed by atoms with Crippen LogP contribution in [0.15, 0.2) is 11.3 Å². The number of esters is 3. The van der Waals surface area contributed by atoms with Crippen LogP contribution in [0.1, 0.15) is 38.7 Å². The molecular weight excluding hydrogens is 464 g/mol. The number of nitrogens with zero attached hydrogens (tertiary/aromatic N) is 3. The van der Waals surface area contributed by atoms with Gasteiger partial charge in [0.15, 0.2) is 18.4 Å². The molecule has 0 radical (unpaired) electrons. The molecule has 5 atom stereocenters. The topological polar surface area (TPSA) is 174 Å². The van der Waals surface area contributed by atoms with Crippen molar-refractivity contribution in [3.05, 3.63) is 12.0 Å². The van der Waals surface area contributed by atoms with E-state index >= 15 is 0 Å².